The summed E-state index contributed by atoms with van der Waals surface area (Å²) in [7, 11) is 1.44. The van der Waals surface area contributed by atoms with Gasteiger partial charge in [0.1, 0.15) is 11.9 Å². The van der Waals surface area contributed by atoms with E-state index in [9.17, 15) is 9.59 Å². The Morgan fingerprint density at radius 1 is 1.59 bits per heavy atom. The maximum absolute atomic E-state index is 11.7. The molecule has 0 spiro atoms. The van der Waals surface area contributed by atoms with Gasteiger partial charge in [0, 0.05) is 18.6 Å². The number of carbonyl (C=O) groups is 2. The van der Waals surface area contributed by atoms with Crippen LogP contribution in [0.2, 0.25) is 0 Å². The highest BCUT2D eigenvalue weighted by Gasteiger charge is 2.25. The van der Waals surface area contributed by atoms with Gasteiger partial charge in [-0.2, -0.15) is 4.37 Å². The molecule has 1 aromatic rings. The van der Waals surface area contributed by atoms with E-state index in [0.717, 1.165) is 16.4 Å². The Balaban J connectivity index is 2.66. The molecule has 7 nitrogen and oxygen atoms in total. The van der Waals surface area contributed by atoms with Gasteiger partial charge in [-0.25, -0.2) is 14.6 Å². The minimum absolute atomic E-state index is 0.342. The average Bonchev–Trinajstić information content (AvgIpc) is 2.64. The molecule has 1 unspecified atom stereocenters. The van der Waals surface area contributed by atoms with Crippen LogP contribution in [0.15, 0.2) is 0 Å². The fourth-order valence-electron chi connectivity index (χ4n) is 1.28. The Hall–Kier alpha value is -1.70. The third-order valence-electron chi connectivity index (χ3n) is 2.20. The van der Waals surface area contributed by atoms with Crippen LogP contribution in [0.1, 0.15) is 19.2 Å². The van der Waals surface area contributed by atoms with Crippen molar-refractivity contribution in [2.45, 2.75) is 26.3 Å². The predicted octanol–water partition coefficient (Wildman–Crippen LogP) is 1.17. The number of aliphatic carboxylic acids is 1. The molecule has 0 saturated carbocycles. The first kappa shape index (κ1) is 13.4. The van der Waals surface area contributed by atoms with Gasteiger partial charge in [0.05, 0.1) is 0 Å². The maximum Gasteiger partial charge on any atom is 0.326 e. The summed E-state index contributed by atoms with van der Waals surface area (Å²) in [5, 5.41) is 11.8. The van der Waals surface area contributed by atoms with Crippen LogP contribution in [0.5, 0.6) is 0 Å². The quantitative estimate of drug-likeness (QED) is 0.845. The Bertz CT molecular complexity index is 420. The number of likely N-dealkylation sites (N-methyl/N-ethyl adjacent to an activating group) is 1. The van der Waals surface area contributed by atoms with E-state index in [1.807, 2.05) is 0 Å². The first-order valence-electron chi connectivity index (χ1n) is 5.02. The number of aromatic nitrogens is 2. The van der Waals surface area contributed by atoms with Crippen LogP contribution in [-0.4, -0.2) is 44.5 Å². The molecule has 0 saturated heterocycles. The third kappa shape index (κ3) is 3.38. The number of hydrogen-bond acceptors (Lipinski definition) is 5. The summed E-state index contributed by atoms with van der Waals surface area (Å²) < 4.78 is 3.91. The van der Waals surface area contributed by atoms with Gasteiger partial charge in [-0.15, -0.1) is 0 Å². The van der Waals surface area contributed by atoms with E-state index in [1.54, 1.807) is 13.8 Å². The largest absolute Gasteiger partial charge is 0.480 e. The number of carboxylic acid groups (broad SMARTS) is 1. The third-order valence-corrected chi connectivity index (χ3v) is 2.92. The Kier molecular flexibility index (Phi) is 4.38. The van der Waals surface area contributed by atoms with Crippen LogP contribution in [0.25, 0.3) is 0 Å². The summed E-state index contributed by atoms with van der Waals surface area (Å²) in [6.07, 6.45) is 0.342. The van der Waals surface area contributed by atoms with Gasteiger partial charge in [0.15, 0.2) is 0 Å². The van der Waals surface area contributed by atoms with Crippen molar-refractivity contribution in [3.63, 3.8) is 0 Å². The molecular weight excluding hydrogens is 244 g/mol. The van der Waals surface area contributed by atoms with Crippen molar-refractivity contribution in [3.05, 3.63) is 5.82 Å². The van der Waals surface area contributed by atoms with Crippen LogP contribution in [0.4, 0.5) is 9.93 Å². The minimum Gasteiger partial charge on any atom is -0.480 e. The Morgan fingerprint density at radius 3 is 2.65 bits per heavy atom. The van der Waals surface area contributed by atoms with Crippen molar-refractivity contribution >= 4 is 28.7 Å². The standard InChI is InChI=1S/C9H14N4O3S/c1-4-6(7(14)15)13(3)9(16)11-8-10-5(2)12-17-8/h6H,4H2,1-3H3,(H,14,15)(H,10,11,12,16). The van der Waals surface area contributed by atoms with Crippen LogP contribution in [0, 0.1) is 6.92 Å². The van der Waals surface area contributed by atoms with Crippen molar-refractivity contribution in [2.24, 2.45) is 0 Å². The smallest absolute Gasteiger partial charge is 0.326 e. The highest BCUT2D eigenvalue weighted by atomic mass is 32.1. The highest BCUT2D eigenvalue weighted by molar-refractivity contribution is 7.09. The lowest BCUT2D eigenvalue weighted by Crippen LogP contribution is -2.44. The molecule has 0 aliphatic heterocycles. The number of carboxylic acids is 1. The minimum atomic E-state index is -1.03. The molecule has 0 aliphatic carbocycles. The summed E-state index contributed by atoms with van der Waals surface area (Å²) in [4.78, 5) is 27.7. The SMILES string of the molecule is CCC(C(=O)O)N(C)C(=O)Nc1nc(C)ns1. The van der Waals surface area contributed by atoms with Gasteiger partial charge in [-0.3, -0.25) is 5.32 Å². The molecular formula is C9H14N4O3S. The molecule has 8 heteroatoms. The van der Waals surface area contributed by atoms with Crippen molar-refractivity contribution < 1.29 is 14.7 Å². The van der Waals surface area contributed by atoms with E-state index < -0.39 is 18.0 Å². The fraction of sp³-hybridized carbons (Fsp3) is 0.556. The number of amides is 2. The number of anilines is 1. The second-order valence-electron chi connectivity index (χ2n) is 3.45. The lowest BCUT2D eigenvalue weighted by molar-refractivity contribution is -0.141. The molecule has 17 heavy (non-hydrogen) atoms. The van der Waals surface area contributed by atoms with Crippen LogP contribution < -0.4 is 5.32 Å². The van der Waals surface area contributed by atoms with Crippen LogP contribution >= 0.6 is 11.5 Å². The number of aryl methyl sites for hydroxylation is 1. The molecule has 0 radical (unpaired) electrons. The lowest BCUT2D eigenvalue weighted by Gasteiger charge is -2.23. The molecule has 1 aromatic heterocycles. The first-order valence-corrected chi connectivity index (χ1v) is 5.80. The molecule has 0 aromatic carbocycles. The second-order valence-corrected chi connectivity index (χ2v) is 4.20. The molecule has 2 amide bonds. The molecule has 1 rings (SSSR count). The second kappa shape index (κ2) is 5.58. The number of carbonyl (C=O) groups excluding carboxylic acids is 1. The monoisotopic (exact) mass is 258 g/mol. The molecule has 1 atom stereocenters. The molecule has 0 bridgehead atoms. The topological polar surface area (TPSA) is 95.4 Å². The number of urea groups is 1. The summed E-state index contributed by atoms with van der Waals surface area (Å²) in [5.41, 5.74) is 0. The zero-order chi connectivity index (χ0) is 13.0. The summed E-state index contributed by atoms with van der Waals surface area (Å²) in [6.45, 7) is 3.42. The molecule has 0 fully saturated rings. The van der Waals surface area contributed by atoms with E-state index in [-0.39, 0.29) is 0 Å². The average molecular weight is 258 g/mol. The van der Waals surface area contributed by atoms with E-state index in [4.69, 9.17) is 5.11 Å². The lowest BCUT2D eigenvalue weighted by atomic mass is 10.2. The predicted molar refractivity (Wildman–Crippen MR) is 63.1 cm³/mol. The van der Waals surface area contributed by atoms with Gasteiger partial charge >= 0.3 is 12.0 Å². The van der Waals surface area contributed by atoms with Crippen molar-refractivity contribution in [1.82, 2.24) is 14.3 Å². The molecule has 1 heterocycles. The van der Waals surface area contributed by atoms with E-state index in [0.29, 0.717) is 17.4 Å². The van der Waals surface area contributed by atoms with E-state index in [2.05, 4.69) is 14.7 Å². The van der Waals surface area contributed by atoms with Crippen molar-refractivity contribution in [3.8, 4) is 0 Å². The maximum atomic E-state index is 11.7. The molecule has 2 N–H and O–H groups in total. The first-order chi connectivity index (χ1) is 7.95. The molecule has 94 valence electrons. The Morgan fingerprint density at radius 2 is 2.24 bits per heavy atom. The number of rotatable bonds is 4. The summed E-state index contributed by atoms with van der Waals surface area (Å²) >= 11 is 1.06. The fourth-order valence-corrected chi connectivity index (χ4v) is 1.85. The summed E-state index contributed by atoms with van der Waals surface area (Å²) in [6, 6.07) is -1.35. The van der Waals surface area contributed by atoms with Gasteiger partial charge in [-0.1, -0.05) is 6.92 Å². The Labute approximate surface area is 103 Å². The highest BCUT2D eigenvalue weighted by Crippen LogP contribution is 2.12. The van der Waals surface area contributed by atoms with Crippen molar-refractivity contribution in [2.75, 3.05) is 12.4 Å². The van der Waals surface area contributed by atoms with Crippen molar-refractivity contribution in [1.29, 1.82) is 0 Å². The van der Waals surface area contributed by atoms with E-state index >= 15 is 0 Å². The number of hydrogen-bond donors (Lipinski definition) is 2. The summed E-state index contributed by atoms with van der Waals surface area (Å²) in [5.74, 6) is -0.461. The number of nitrogens with zero attached hydrogens (tertiary/aromatic N) is 3. The number of nitrogens with one attached hydrogen (secondary N) is 1. The van der Waals surface area contributed by atoms with Gasteiger partial charge in [-0.05, 0) is 13.3 Å². The molecule has 0 aliphatic rings. The zero-order valence-corrected chi connectivity index (χ0v) is 10.6. The van der Waals surface area contributed by atoms with Gasteiger partial charge in [0.25, 0.3) is 0 Å². The van der Waals surface area contributed by atoms with Crippen LogP contribution in [0.3, 0.4) is 0 Å². The van der Waals surface area contributed by atoms with Gasteiger partial charge in [0.2, 0.25) is 5.13 Å². The van der Waals surface area contributed by atoms with Crippen LogP contribution in [-0.2, 0) is 4.79 Å². The normalized spacial score (nSPS) is 11.9. The van der Waals surface area contributed by atoms with E-state index in [1.165, 1.54) is 7.05 Å². The van der Waals surface area contributed by atoms with Gasteiger partial charge < -0.3 is 10.0 Å². The zero-order valence-electron chi connectivity index (χ0n) is 9.80.